The van der Waals surface area contributed by atoms with Gasteiger partial charge in [-0.3, -0.25) is 0 Å². The second-order valence-corrected chi connectivity index (χ2v) is 6.85. The Morgan fingerprint density at radius 2 is 1.95 bits per heavy atom. The molecule has 1 aromatic rings. The third-order valence-electron chi connectivity index (χ3n) is 3.39. The second kappa shape index (κ2) is 5.20. The fourth-order valence-electron chi connectivity index (χ4n) is 2.05. The summed E-state index contributed by atoms with van der Waals surface area (Å²) in [7, 11) is -4.01. The lowest BCUT2D eigenvalue weighted by molar-refractivity contribution is -0.137. The third-order valence-corrected chi connectivity index (χ3v) is 5.48. The number of nitrogens with one attached hydrogen (secondary N) is 1. The second-order valence-electron chi connectivity index (χ2n) is 4.90. The first-order valence-corrected chi connectivity index (χ1v) is 7.98. The first-order valence-electron chi connectivity index (χ1n) is 5.96. The van der Waals surface area contributed by atoms with Crippen LogP contribution < -0.4 is 4.72 Å². The van der Waals surface area contributed by atoms with Crippen LogP contribution in [0.5, 0.6) is 0 Å². The fraction of sp³-hybridized carbons (Fsp3) is 0.500. The van der Waals surface area contributed by atoms with Gasteiger partial charge < -0.3 is 0 Å². The summed E-state index contributed by atoms with van der Waals surface area (Å²) in [5, 5.41) is 0. The summed E-state index contributed by atoms with van der Waals surface area (Å²) in [6.45, 7) is 0. The van der Waals surface area contributed by atoms with Crippen molar-refractivity contribution in [2.24, 2.45) is 0 Å². The van der Waals surface area contributed by atoms with Crippen molar-refractivity contribution < 1.29 is 21.6 Å². The van der Waals surface area contributed by atoms with E-state index in [-0.39, 0.29) is 5.88 Å². The lowest BCUT2D eigenvalue weighted by Gasteiger charge is -2.40. The molecule has 0 atom stereocenters. The maximum Gasteiger partial charge on any atom is 0.416 e. The van der Waals surface area contributed by atoms with Crippen LogP contribution >= 0.6 is 11.6 Å². The van der Waals surface area contributed by atoms with E-state index in [1.807, 2.05) is 0 Å². The van der Waals surface area contributed by atoms with Crippen LogP contribution in [-0.2, 0) is 16.2 Å². The molecule has 0 aliphatic heterocycles. The Kier molecular flexibility index (Phi) is 4.05. The minimum Gasteiger partial charge on any atom is -0.207 e. The van der Waals surface area contributed by atoms with E-state index < -0.39 is 32.2 Å². The molecule has 1 aliphatic rings. The van der Waals surface area contributed by atoms with Crippen molar-refractivity contribution in [1.82, 2.24) is 4.72 Å². The van der Waals surface area contributed by atoms with E-state index in [2.05, 4.69) is 4.72 Å². The summed E-state index contributed by atoms with van der Waals surface area (Å²) in [5.74, 6) is 0.102. The summed E-state index contributed by atoms with van der Waals surface area (Å²) in [6.07, 6.45) is -2.55. The maximum absolute atomic E-state index is 12.6. The van der Waals surface area contributed by atoms with Crippen LogP contribution in [0.3, 0.4) is 0 Å². The summed E-state index contributed by atoms with van der Waals surface area (Å²) < 4.78 is 64.5. The zero-order valence-electron chi connectivity index (χ0n) is 10.4. The Morgan fingerprint density at radius 1 is 1.30 bits per heavy atom. The zero-order chi connectivity index (χ0) is 15.0. The lowest BCUT2D eigenvalue weighted by atomic mass is 9.79. The Labute approximate surface area is 120 Å². The number of alkyl halides is 4. The normalized spacial score (nSPS) is 18.6. The van der Waals surface area contributed by atoms with Gasteiger partial charge in [0.05, 0.1) is 10.5 Å². The molecule has 2 rings (SSSR count). The monoisotopic (exact) mass is 327 g/mol. The third kappa shape index (κ3) is 3.10. The van der Waals surface area contributed by atoms with E-state index in [4.69, 9.17) is 11.6 Å². The van der Waals surface area contributed by atoms with Crippen molar-refractivity contribution in [1.29, 1.82) is 0 Å². The van der Waals surface area contributed by atoms with E-state index in [9.17, 15) is 21.6 Å². The van der Waals surface area contributed by atoms with E-state index in [0.29, 0.717) is 18.9 Å². The van der Waals surface area contributed by atoms with Gasteiger partial charge in [0.25, 0.3) is 0 Å². The van der Waals surface area contributed by atoms with Gasteiger partial charge >= 0.3 is 6.18 Å². The molecule has 1 aromatic carbocycles. The highest BCUT2D eigenvalue weighted by atomic mass is 35.5. The van der Waals surface area contributed by atoms with Gasteiger partial charge in [-0.15, -0.1) is 11.6 Å². The molecule has 0 saturated heterocycles. The van der Waals surface area contributed by atoms with Gasteiger partial charge in [0.15, 0.2) is 0 Å². The van der Waals surface area contributed by atoms with Crippen molar-refractivity contribution in [2.75, 3.05) is 5.88 Å². The molecule has 1 aliphatic carbocycles. The zero-order valence-corrected chi connectivity index (χ0v) is 11.9. The molecule has 0 heterocycles. The van der Waals surface area contributed by atoms with Gasteiger partial charge in [-0.1, -0.05) is 6.07 Å². The molecule has 0 unspecified atom stereocenters. The van der Waals surface area contributed by atoms with Gasteiger partial charge in [0.1, 0.15) is 0 Å². The minimum absolute atomic E-state index is 0.102. The average Bonchev–Trinajstić information content (AvgIpc) is 2.33. The quantitative estimate of drug-likeness (QED) is 0.864. The number of hydrogen-bond donors (Lipinski definition) is 1. The largest absolute Gasteiger partial charge is 0.416 e. The number of rotatable bonds is 4. The summed E-state index contributed by atoms with van der Waals surface area (Å²) in [5.41, 5.74) is -1.72. The summed E-state index contributed by atoms with van der Waals surface area (Å²) in [6, 6.07) is 3.67. The molecular formula is C12H13ClF3NO2S. The van der Waals surface area contributed by atoms with Crippen molar-refractivity contribution in [3.63, 3.8) is 0 Å². The molecule has 1 fully saturated rings. The molecule has 20 heavy (non-hydrogen) atoms. The van der Waals surface area contributed by atoms with Gasteiger partial charge in [-0.25, -0.2) is 13.1 Å². The van der Waals surface area contributed by atoms with E-state index in [1.165, 1.54) is 0 Å². The SMILES string of the molecule is O=S(=O)(NC1(CCl)CCC1)c1cccc(C(F)(F)F)c1. The molecule has 0 amide bonds. The maximum atomic E-state index is 12.6. The molecule has 1 N–H and O–H groups in total. The Morgan fingerprint density at radius 3 is 2.40 bits per heavy atom. The molecular weight excluding hydrogens is 315 g/mol. The van der Waals surface area contributed by atoms with Crippen LogP contribution in [0.2, 0.25) is 0 Å². The molecule has 1 saturated carbocycles. The van der Waals surface area contributed by atoms with Crippen LogP contribution in [0.4, 0.5) is 13.2 Å². The first-order chi connectivity index (χ1) is 9.19. The van der Waals surface area contributed by atoms with Gasteiger partial charge in [0, 0.05) is 11.4 Å². The Bertz CT molecular complexity index is 591. The summed E-state index contributed by atoms with van der Waals surface area (Å²) in [4.78, 5) is -0.399. The molecule has 0 spiro atoms. The molecule has 0 bridgehead atoms. The van der Waals surface area contributed by atoms with Gasteiger partial charge in [0.2, 0.25) is 10.0 Å². The van der Waals surface area contributed by atoms with Crippen LogP contribution in [-0.4, -0.2) is 19.8 Å². The van der Waals surface area contributed by atoms with Crippen molar-refractivity contribution in [3.05, 3.63) is 29.8 Å². The molecule has 0 radical (unpaired) electrons. The lowest BCUT2D eigenvalue weighted by Crippen LogP contribution is -2.54. The van der Waals surface area contributed by atoms with Crippen molar-refractivity contribution >= 4 is 21.6 Å². The summed E-state index contributed by atoms with van der Waals surface area (Å²) >= 11 is 5.75. The van der Waals surface area contributed by atoms with Crippen LogP contribution in [0.15, 0.2) is 29.2 Å². The standard InChI is InChI=1S/C12H13ClF3NO2S/c13-8-11(5-2-6-11)17-20(18,19)10-4-1-3-9(7-10)12(14,15)16/h1,3-4,7,17H,2,5-6,8H2. The highest BCUT2D eigenvalue weighted by Crippen LogP contribution is 2.35. The molecule has 8 heteroatoms. The van der Waals surface area contributed by atoms with Crippen LogP contribution in [0.1, 0.15) is 24.8 Å². The molecule has 112 valence electrons. The Hall–Kier alpha value is -0.790. The predicted octanol–water partition coefficient (Wildman–Crippen LogP) is 3.15. The van der Waals surface area contributed by atoms with Crippen LogP contribution in [0.25, 0.3) is 0 Å². The van der Waals surface area contributed by atoms with E-state index in [0.717, 1.165) is 24.6 Å². The molecule has 0 aromatic heterocycles. The number of sulfonamides is 1. The number of hydrogen-bond acceptors (Lipinski definition) is 2. The highest BCUT2D eigenvalue weighted by molar-refractivity contribution is 7.89. The van der Waals surface area contributed by atoms with Crippen LogP contribution in [0, 0.1) is 0 Å². The average molecular weight is 328 g/mol. The topological polar surface area (TPSA) is 46.2 Å². The van der Waals surface area contributed by atoms with Crippen molar-refractivity contribution in [2.45, 2.75) is 35.9 Å². The van der Waals surface area contributed by atoms with Gasteiger partial charge in [-0.2, -0.15) is 13.2 Å². The number of halogens is 4. The van der Waals surface area contributed by atoms with Crippen molar-refractivity contribution in [3.8, 4) is 0 Å². The molecule has 3 nitrogen and oxygen atoms in total. The Balaban J connectivity index is 2.30. The first kappa shape index (κ1) is 15.6. The van der Waals surface area contributed by atoms with E-state index in [1.54, 1.807) is 0 Å². The van der Waals surface area contributed by atoms with E-state index >= 15 is 0 Å². The predicted molar refractivity (Wildman–Crippen MR) is 69.1 cm³/mol. The smallest absolute Gasteiger partial charge is 0.207 e. The van der Waals surface area contributed by atoms with Gasteiger partial charge in [-0.05, 0) is 37.5 Å². The highest BCUT2D eigenvalue weighted by Gasteiger charge is 2.40. The minimum atomic E-state index is -4.58. The number of benzene rings is 1. The fourth-order valence-corrected chi connectivity index (χ4v) is 3.97.